The molecule has 0 unspecified atom stereocenters. The van der Waals surface area contributed by atoms with E-state index in [9.17, 15) is 24.0 Å². The Kier molecular flexibility index (Phi) is 13.3. The van der Waals surface area contributed by atoms with Gasteiger partial charge in [0.25, 0.3) is 23.6 Å². The van der Waals surface area contributed by atoms with Gasteiger partial charge in [0.1, 0.15) is 22.8 Å². The minimum atomic E-state index is -0.402. The summed E-state index contributed by atoms with van der Waals surface area (Å²) in [4.78, 5) is 83.7. The fourth-order valence-electron chi connectivity index (χ4n) is 4.82. The van der Waals surface area contributed by atoms with E-state index in [4.69, 9.17) is 11.6 Å². The Hall–Kier alpha value is -4.99. The average Bonchev–Trinajstić information content (AvgIpc) is 3.89. The third kappa shape index (κ3) is 9.34. The molecule has 4 aromatic heterocycles. The molecular weight excluding hydrogens is 675 g/mol. The number of aromatic nitrogens is 4. The number of anilines is 4. The predicted octanol–water partition coefficient (Wildman–Crippen LogP) is 3.84. The number of rotatable bonds is 14. The highest BCUT2D eigenvalue weighted by atomic mass is 35.5. The number of amides is 5. The third-order valence-corrected chi connectivity index (χ3v) is 7.92. The van der Waals surface area contributed by atoms with E-state index >= 15 is 0 Å². The van der Waals surface area contributed by atoms with Crippen molar-refractivity contribution in [3.63, 3.8) is 0 Å². The van der Waals surface area contributed by atoms with Crippen LogP contribution >= 0.6 is 24.0 Å². The third-order valence-electron chi connectivity index (χ3n) is 7.73. The van der Waals surface area contributed by atoms with Gasteiger partial charge < -0.3 is 49.8 Å². The first-order valence-electron chi connectivity index (χ1n) is 15.1. The van der Waals surface area contributed by atoms with Crippen molar-refractivity contribution >= 4 is 76.3 Å². The molecule has 49 heavy (non-hydrogen) atoms. The van der Waals surface area contributed by atoms with Crippen LogP contribution in [0.1, 0.15) is 54.8 Å². The first-order valence-corrected chi connectivity index (χ1v) is 15.7. The summed E-state index contributed by atoms with van der Waals surface area (Å²) in [5.41, 5.74) is 2.90. The van der Waals surface area contributed by atoms with Crippen molar-refractivity contribution in [2.24, 2.45) is 0 Å². The maximum Gasteiger partial charge on any atom is 0.274 e. The van der Waals surface area contributed by atoms with Gasteiger partial charge in [-0.2, -0.15) is 0 Å². The fraction of sp³-hybridized carbons (Fsp3) is 0.344. The van der Waals surface area contributed by atoms with Crippen LogP contribution in [-0.4, -0.2) is 121 Å². The van der Waals surface area contributed by atoms with E-state index in [2.05, 4.69) is 30.2 Å². The molecule has 4 rings (SSSR count). The van der Waals surface area contributed by atoms with Crippen LogP contribution in [0.4, 0.5) is 22.7 Å². The number of nitrogens with zero attached hydrogens (tertiary/aromatic N) is 5. The minimum absolute atomic E-state index is 0. The quantitative estimate of drug-likeness (QED) is 0.124. The molecule has 0 fully saturated rings. The lowest BCUT2D eigenvalue weighted by molar-refractivity contribution is -0.115. The number of hydrogen-bond acceptors (Lipinski definition) is 6. The summed E-state index contributed by atoms with van der Waals surface area (Å²) in [6.45, 7) is 1.46. The molecule has 4 heterocycles. The van der Waals surface area contributed by atoms with Crippen molar-refractivity contribution in [3.05, 3.63) is 71.8 Å². The molecule has 5 N–H and O–H groups in total. The topological polar surface area (TPSA) is 177 Å². The maximum atomic E-state index is 13.3. The van der Waals surface area contributed by atoms with Crippen molar-refractivity contribution in [2.75, 3.05) is 81.3 Å². The largest absolute Gasteiger partial charge is 0.355 e. The monoisotopic (exact) mass is 716 g/mol. The van der Waals surface area contributed by atoms with Gasteiger partial charge in [-0.25, -0.2) is 0 Å². The molecule has 17 heteroatoms. The summed E-state index contributed by atoms with van der Waals surface area (Å²) >= 11 is 5.60. The molecule has 264 valence electrons. The van der Waals surface area contributed by atoms with E-state index in [1.54, 1.807) is 63.7 Å². The summed E-state index contributed by atoms with van der Waals surface area (Å²) in [5, 5.41) is 2.66. The Morgan fingerprint density at radius 3 is 1.45 bits per heavy atom. The molecule has 0 saturated heterocycles. The highest BCUT2D eigenvalue weighted by Crippen LogP contribution is 2.23. The summed E-state index contributed by atoms with van der Waals surface area (Å²) in [6, 6.07) is 6.24. The molecule has 0 spiro atoms. The second-order valence-corrected chi connectivity index (χ2v) is 12.0. The lowest BCUT2D eigenvalue weighted by atomic mass is 10.3. The molecule has 0 aliphatic rings. The van der Waals surface area contributed by atoms with Gasteiger partial charge in [-0.15, -0.1) is 24.0 Å². The summed E-state index contributed by atoms with van der Waals surface area (Å²) in [5.74, 6) is -1.41. The Morgan fingerprint density at radius 2 is 1.02 bits per heavy atom. The molecule has 5 amide bonds. The first-order chi connectivity index (χ1) is 22.8. The zero-order valence-electron chi connectivity index (χ0n) is 28.2. The lowest BCUT2D eigenvalue weighted by Gasteiger charge is -2.18. The van der Waals surface area contributed by atoms with Crippen molar-refractivity contribution in [1.29, 1.82) is 0 Å². The van der Waals surface area contributed by atoms with Crippen LogP contribution in [0.15, 0.2) is 49.1 Å². The zero-order chi connectivity index (χ0) is 35.1. The van der Waals surface area contributed by atoms with Crippen LogP contribution < -0.4 is 20.0 Å². The Bertz CT molecular complexity index is 1770. The van der Waals surface area contributed by atoms with Crippen molar-refractivity contribution < 1.29 is 24.0 Å². The standard InChI is InChI=1S/C32H41ClN10O5.ClH/c1-39(2)10-7-11-40(3)29(45)25-13-21(17-35-25)42(5)31(47)27-15-23(19-37-27)43(6)32(48)26-14-22(18-36-26)41(4)30(46)24-12-20(16-34-24)38-28(44)8-9-33;/h12-19,34-37H,7-11H2,1-6H3,(H,38,44);1H. The second-order valence-electron chi connectivity index (χ2n) is 11.6. The van der Waals surface area contributed by atoms with E-state index in [1.165, 1.54) is 33.2 Å². The number of aromatic amines is 4. The Balaban J connectivity index is 0.00000650. The molecule has 0 aromatic carbocycles. The van der Waals surface area contributed by atoms with E-state index in [1.807, 2.05) is 14.1 Å². The fourth-order valence-corrected chi connectivity index (χ4v) is 5.00. The lowest BCUT2D eigenvalue weighted by Crippen LogP contribution is -2.30. The molecule has 0 aliphatic heterocycles. The molecular formula is C32H42Cl2N10O5. The summed E-state index contributed by atoms with van der Waals surface area (Å²) < 4.78 is 0. The molecule has 0 aliphatic carbocycles. The van der Waals surface area contributed by atoms with E-state index in [-0.39, 0.29) is 65.4 Å². The van der Waals surface area contributed by atoms with Gasteiger partial charge in [0, 0.05) is 71.8 Å². The number of hydrogen-bond donors (Lipinski definition) is 5. The number of nitrogens with one attached hydrogen (secondary N) is 5. The highest BCUT2D eigenvalue weighted by Gasteiger charge is 2.24. The van der Waals surface area contributed by atoms with Gasteiger partial charge >= 0.3 is 0 Å². The van der Waals surface area contributed by atoms with Crippen LogP contribution in [0.2, 0.25) is 0 Å². The second kappa shape index (κ2) is 16.9. The Labute approximate surface area is 295 Å². The van der Waals surface area contributed by atoms with Gasteiger partial charge in [0.2, 0.25) is 5.91 Å². The number of carbonyl (C=O) groups excluding carboxylic acids is 5. The van der Waals surface area contributed by atoms with Crippen molar-refractivity contribution in [3.8, 4) is 0 Å². The van der Waals surface area contributed by atoms with Crippen LogP contribution in [-0.2, 0) is 4.79 Å². The maximum absolute atomic E-state index is 13.3. The molecule has 0 bridgehead atoms. The molecule has 0 radical (unpaired) electrons. The average molecular weight is 718 g/mol. The molecule has 15 nitrogen and oxygen atoms in total. The van der Waals surface area contributed by atoms with Gasteiger partial charge in [-0.05, 0) is 51.3 Å². The summed E-state index contributed by atoms with van der Waals surface area (Å²) in [6.07, 6.45) is 7.16. The SMILES string of the molecule is CN(C)CCCN(C)C(=O)c1cc(N(C)C(=O)c2cc(N(C)C(=O)c3cc(N(C)C(=O)c4cc(NC(=O)CCCl)c[nH]4)c[nH]3)c[nH]2)c[nH]1.Cl. The van der Waals surface area contributed by atoms with Crippen LogP contribution in [0.5, 0.6) is 0 Å². The molecule has 4 aromatic rings. The van der Waals surface area contributed by atoms with Gasteiger partial charge in [0.05, 0.1) is 22.7 Å². The van der Waals surface area contributed by atoms with Gasteiger partial charge in [-0.3, -0.25) is 24.0 Å². The number of carbonyl (C=O) groups is 5. The predicted molar refractivity (Wildman–Crippen MR) is 193 cm³/mol. The number of H-pyrrole nitrogens is 4. The van der Waals surface area contributed by atoms with E-state index in [0.29, 0.717) is 35.0 Å². The normalized spacial score (nSPS) is 10.8. The van der Waals surface area contributed by atoms with Crippen LogP contribution in [0.3, 0.4) is 0 Å². The smallest absolute Gasteiger partial charge is 0.274 e. The van der Waals surface area contributed by atoms with Crippen molar-refractivity contribution in [1.82, 2.24) is 29.7 Å². The van der Waals surface area contributed by atoms with Crippen LogP contribution in [0, 0.1) is 0 Å². The number of halogens is 2. The Morgan fingerprint density at radius 1 is 0.612 bits per heavy atom. The zero-order valence-corrected chi connectivity index (χ0v) is 29.8. The molecule has 0 atom stereocenters. The minimum Gasteiger partial charge on any atom is -0.355 e. The van der Waals surface area contributed by atoms with E-state index in [0.717, 1.165) is 13.0 Å². The number of alkyl halides is 1. The summed E-state index contributed by atoms with van der Waals surface area (Å²) in [7, 11) is 10.4. The van der Waals surface area contributed by atoms with Crippen molar-refractivity contribution in [2.45, 2.75) is 12.8 Å². The first kappa shape index (κ1) is 38.5. The van der Waals surface area contributed by atoms with E-state index < -0.39 is 5.91 Å². The van der Waals surface area contributed by atoms with Crippen LogP contribution in [0.25, 0.3) is 0 Å². The van der Waals surface area contributed by atoms with Gasteiger partial charge in [-0.1, -0.05) is 0 Å². The van der Waals surface area contributed by atoms with Gasteiger partial charge in [0.15, 0.2) is 0 Å². The molecule has 0 saturated carbocycles. The highest BCUT2D eigenvalue weighted by molar-refractivity contribution is 6.19.